The second kappa shape index (κ2) is 8.14. The summed E-state index contributed by atoms with van der Waals surface area (Å²) in [7, 11) is 0. The van der Waals surface area contributed by atoms with E-state index in [2.05, 4.69) is 5.32 Å². The van der Waals surface area contributed by atoms with Crippen LogP contribution in [0.15, 0.2) is 30.5 Å². The molecule has 0 aliphatic carbocycles. The summed E-state index contributed by atoms with van der Waals surface area (Å²) in [6.07, 6.45) is 0.399. The zero-order valence-corrected chi connectivity index (χ0v) is 17.6. The van der Waals surface area contributed by atoms with E-state index in [-0.39, 0.29) is 6.42 Å². The summed E-state index contributed by atoms with van der Waals surface area (Å²) in [5.74, 6) is -1.16. The van der Waals surface area contributed by atoms with E-state index in [1.54, 1.807) is 72.0 Å². The van der Waals surface area contributed by atoms with E-state index in [0.29, 0.717) is 11.1 Å². The molecule has 1 atom stereocenters. The van der Waals surface area contributed by atoms with Crippen molar-refractivity contribution in [2.75, 3.05) is 0 Å². The molecule has 2 rings (SSSR count). The maximum atomic E-state index is 12.3. The van der Waals surface area contributed by atoms with Crippen LogP contribution in [0.1, 0.15) is 47.1 Å². The fraction of sp³-hybridized carbons (Fsp3) is 0.476. The quantitative estimate of drug-likeness (QED) is 0.799. The van der Waals surface area contributed by atoms with Gasteiger partial charge in [0, 0.05) is 18.0 Å². The van der Waals surface area contributed by atoms with Gasteiger partial charge in [-0.05, 0) is 65.3 Å². The van der Waals surface area contributed by atoms with Gasteiger partial charge in [-0.15, -0.1) is 0 Å². The number of carboxylic acid groups (broad SMARTS) is 1. The molecular formula is C21H28N2O6. The van der Waals surface area contributed by atoms with Crippen LogP contribution < -0.4 is 5.32 Å². The highest BCUT2D eigenvalue weighted by molar-refractivity contribution is 5.90. The molecule has 1 heterocycles. The smallest absolute Gasteiger partial charge is 0.418 e. The first-order valence-electron chi connectivity index (χ1n) is 9.31. The van der Waals surface area contributed by atoms with E-state index >= 15 is 0 Å². The molecule has 29 heavy (non-hydrogen) atoms. The predicted molar refractivity (Wildman–Crippen MR) is 108 cm³/mol. The highest BCUT2D eigenvalue weighted by atomic mass is 16.6. The van der Waals surface area contributed by atoms with Crippen molar-refractivity contribution in [2.24, 2.45) is 0 Å². The fourth-order valence-electron chi connectivity index (χ4n) is 2.67. The van der Waals surface area contributed by atoms with Crippen LogP contribution in [0.4, 0.5) is 9.59 Å². The number of nitrogens with one attached hydrogen (secondary N) is 1. The Morgan fingerprint density at radius 2 is 1.66 bits per heavy atom. The zero-order chi connectivity index (χ0) is 22.0. The number of carboxylic acids is 1. The number of aliphatic carboxylic acids is 1. The number of aromatic nitrogens is 1. The molecule has 8 nitrogen and oxygen atoms in total. The molecule has 0 saturated carbocycles. The van der Waals surface area contributed by atoms with Crippen molar-refractivity contribution in [3.63, 3.8) is 0 Å². The third-order valence-corrected chi connectivity index (χ3v) is 3.77. The highest BCUT2D eigenvalue weighted by Gasteiger charge is 2.25. The minimum atomic E-state index is -1.16. The van der Waals surface area contributed by atoms with Crippen LogP contribution in [0, 0.1) is 0 Å². The molecule has 2 N–H and O–H groups in total. The van der Waals surface area contributed by atoms with Gasteiger partial charge in [0.05, 0.1) is 5.52 Å². The number of rotatable bonds is 4. The number of amides is 1. The van der Waals surface area contributed by atoms with Gasteiger partial charge in [-0.2, -0.15) is 0 Å². The molecular weight excluding hydrogens is 376 g/mol. The van der Waals surface area contributed by atoms with Crippen LogP contribution in [-0.4, -0.2) is 45.1 Å². The van der Waals surface area contributed by atoms with Crippen LogP contribution in [-0.2, 0) is 20.7 Å². The van der Waals surface area contributed by atoms with Gasteiger partial charge in [0.15, 0.2) is 0 Å². The number of hydrogen-bond donors (Lipinski definition) is 2. The highest BCUT2D eigenvalue weighted by Crippen LogP contribution is 2.20. The van der Waals surface area contributed by atoms with Gasteiger partial charge in [-0.3, -0.25) is 4.57 Å². The molecule has 0 fully saturated rings. The number of nitrogens with zero attached hydrogens (tertiary/aromatic N) is 1. The largest absolute Gasteiger partial charge is 0.480 e. The van der Waals surface area contributed by atoms with Crippen LogP contribution in [0.25, 0.3) is 10.9 Å². The second-order valence-corrected chi connectivity index (χ2v) is 8.80. The summed E-state index contributed by atoms with van der Waals surface area (Å²) in [6.45, 7) is 10.5. The monoisotopic (exact) mass is 404 g/mol. The van der Waals surface area contributed by atoms with E-state index in [1.807, 2.05) is 0 Å². The van der Waals surface area contributed by atoms with E-state index < -0.39 is 35.4 Å². The van der Waals surface area contributed by atoms with Crippen molar-refractivity contribution in [1.29, 1.82) is 0 Å². The predicted octanol–water partition coefficient (Wildman–Crippen LogP) is 3.94. The minimum absolute atomic E-state index is 0.0716. The first-order chi connectivity index (χ1) is 13.2. The Kier molecular flexibility index (Phi) is 6.25. The van der Waals surface area contributed by atoms with Gasteiger partial charge in [0.1, 0.15) is 17.2 Å². The maximum absolute atomic E-state index is 12.3. The Morgan fingerprint density at radius 3 is 2.21 bits per heavy atom. The van der Waals surface area contributed by atoms with Crippen molar-refractivity contribution in [3.05, 3.63) is 36.0 Å². The molecule has 0 unspecified atom stereocenters. The molecule has 1 aromatic carbocycles. The number of alkyl carbamates (subject to hydrolysis) is 1. The number of ether oxygens (including phenoxy) is 2. The Balaban J connectivity index is 2.18. The number of benzene rings is 1. The molecule has 2 aromatic rings. The summed E-state index contributed by atoms with van der Waals surface area (Å²) in [4.78, 5) is 35.8. The Hall–Kier alpha value is -3.03. The molecule has 1 amide bonds. The van der Waals surface area contributed by atoms with E-state index in [9.17, 15) is 19.5 Å². The number of carbonyl (C=O) groups is 3. The van der Waals surface area contributed by atoms with Crippen molar-refractivity contribution in [2.45, 2.75) is 65.2 Å². The second-order valence-electron chi connectivity index (χ2n) is 8.80. The van der Waals surface area contributed by atoms with Crippen LogP contribution in [0.3, 0.4) is 0 Å². The molecule has 1 aromatic heterocycles. The third-order valence-electron chi connectivity index (χ3n) is 3.77. The Morgan fingerprint density at radius 1 is 1.03 bits per heavy atom. The van der Waals surface area contributed by atoms with Crippen molar-refractivity contribution in [3.8, 4) is 0 Å². The Bertz CT molecular complexity index is 917. The lowest BCUT2D eigenvalue weighted by Crippen LogP contribution is -2.44. The molecule has 0 spiro atoms. The van der Waals surface area contributed by atoms with Crippen molar-refractivity contribution >= 4 is 29.1 Å². The van der Waals surface area contributed by atoms with Crippen LogP contribution in [0.2, 0.25) is 0 Å². The Labute approximate surface area is 169 Å². The van der Waals surface area contributed by atoms with Gasteiger partial charge in [0.2, 0.25) is 0 Å². The third kappa shape index (κ3) is 6.51. The van der Waals surface area contributed by atoms with Crippen molar-refractivity contribution < 1.29 is 29.0 Å². The molecule has 0 aliphatic heterocycles. The van der Waals surface area contributed by atoms with Crippen molar-refractivity contribution in [1.82, 2.24) is 9.88 Å². The number of fused-ring (bicyclic) bond motifs is 1. The summed E-state index contributed by atoms with van der Waals surface area (Å²) >= 11 is 0. The normalized spacial score (nSPS) is 13.0. The molecule has 0 radical (unpaired) electrons. The average Bonchev–Trinajstić information content (AvgIpc) is 2.94. The molecule has 158 valence electrons. The van der Waals surface area contributed by atoms with E-state index in [1.165, 1.54) is 4.57 Å². The van der Waals surface area contributed by atoms with Gasteiger partial charge < -0.3 is 19.9 Å². The average molecular weight is 404 g/mol. The van der Waals surface area contributed by atoms with Gasteiger partial charge in [0.25, 0.3) is 0 Å². The number of carbonyl (C=O) groups excluding carboxylic acids is 2. The summed E-state index contributed by atoms with van der Waals surface area (Å²) < 4.78 is 11.9. The topological polar surface area (TPSA) is 107 Å². The summed E-state index contributed by atoms with van der Waals surface area (Å²) in [5, 5.41) is 12.6. The molecule has 0 aliphatic rings. The van der Waals surface area contributed by atoms with Crippen LogP contribution >= 0.6 is 0 Å². The lowest BCUT2D eigenvalue weighted by molar-refractivity contribution is -0.139. The minimum Gasteiger partial charge on any atom is -0.480 e. The van der Waals surface area contributed by atoms with Gasteiger partial charge in [-0.1, -0.05) is 6.07 Å². The zero-order valence-electron chi connectivity index (χ0n) is 17.6. The maximum Gasteiger partial charge on any atom is 0.418 e. The van der Waals surface area contributed by atoms with E-state index in [0.717, 1.165) is 5.39 Å². The van der Waals surface area contributed by atoms with Gasteiger partial charge in [-0.25, -0.2) is 14.4 Å². The van der Waals surface area contributed by atoms with Crippen LogP contribution in [0.5, 0.6) is 0 Å². The van der Waals surface area contributed by atoms with E-state index in [4.69, 9.17) is 9.47 Å². The standard InChI is InChI=1S/C21H28N2O6/c1-20(2,3)28-18(26)22-15(17(24)25)12-13-7-8-16-14(11-13)9-10-23(16)19(27)29-21(4,5)6/h7-11,15H,12H2,1-6H3,(H,22,26)(H,24,25)/t15-/m0/s1. The lowest BCUT2D eigenvalue weighted by Gasteiger charge is -2.22. The summed E-state index contributed by atoms with van der Waals surface area (Å²) in [5.41, 5.74) is 0.00426. The number of hydrogen-bond acceptors (Lipinski definition) is 5. The molecule has 0 saturated heterocycles. The first-order valence-corrected chi connectivity index (χ1v) is 9.31. The fourth-order valence-corrected chi connectivity index (χ4v) is 2.67. The molecule has 8 heteroatoms. The lowest BCUT2D eigenvalue weighted by atomic mass is 10.0. The SMILES string of the molecule is CC(C)(C)OC(=O)N[C@@H](Cc1ccc2c(ccn2C(=O)OC(C)(C)C)c1)C(=O)O. The first kappa shape index (κ1) is 22.3. The molecule has 0 bridgehead atoms. The van der Waals surface area contributed by atoms with Gasteiger partial charge >= 0.3 is 18.2 Å². The summed E-state index contributed by atoms with van der Waals surface area (Å²) in [6, 6.07) is 5.83.